The maximum Gasteiger partial charge on any atom is 0.373 e. The number of carbonyl (C=O) groups excluding carboxylic acids is 1. The second-order valence-corrected chi connectivity index (χ2v) is 6.53. The van der Waals surface area contributed by atoms with Crippen LogP contribution in [0.25, 0.3) is 17.0 Å². The number of aromatic nitrogens is 2. The van der Waals surface area contributed by atoms with Gasteiger partial charge in [0.05, 0.1) is 26.4 Å². The SMILES string of the molecule is COC(=O)c1ccc(-c2ccc(Nc3nc4c(OC)cccn4c(=O)c3CO)cc2)o1. The number of anilines is 2. The monoisotopic (exact) mass is 421 g/mol. The quantitative estimate of drug-likeness (QED) is 0.457. The molecule has 4 rings (SSSR count). The van der Waals surface area contributed by atoms with Crippen LogP contribution < -0.4 is 15.6 Å². The van der Waals surface area contributed by atoms with E-state index in [-0.39, 0.29) is 17.1 Å². The van der Waals surface area contributed by atoms with E-state index in [4.69, 9.17) is 9.15 Å². The fraction of sp³-hybridized carbons (Fsp3) is 0.136. The number of ether oxygens (including phenoxy) is 2. The number of rotatable bonds is 6. The number of fused-ring (bicyclic) bond motifs is 1. The highest BCUT2D eigenvalue weighted by Crippen LogP contribution is 2.26. The van der Waals surface area contributed by atoms with Crippen LogP contribution in [0.2, 0.25) is 0 Å². The Morgan fingerprint density at radius 2 is 1.94 bits per heavy atom. The van der Waals surface area contributed by atoms with Gasteiger partial charge >= 0.3 is 5.97 Å². The number of furan rings is 1. The molecule has 0 saturated heterocycles. The van der Waals surface area contributed by atoms with E-state index in [1.54, 1.807) is 54.7 Å². The van der Waals surface area contributed by atoms with E-state index in [0.717, 1.165) is 5.56 Å². The van der Waals surface area contributed by atoms with Gasteiger partial charge in [-0.1, -0.05) is 0 Å². The number of carbonyl (C=O) groups is 1. The lowest BCUT2D eigenvalue weighted by Gasteiger charge is -2.13. The number of benzene rings is 1. The number of nitrogens with zero attached hydrogens (tertiary/aromatic N) is 2. The molecule has 0 spiro atoms. The van der Waals surface area contributed by atoms with Gasteiger partial charge in [0.1, 0.15) is 11.6 Å². The average Bonchev–Trinajstić information content (AvgIpc) is 3.29. The number of hydrogen-bond donors (Lipinski definition) is 2. The molecule has 2 N–H and O–H groups in total. The van der Waals surface area contributed by atoms with Crippen LogP contribution in [0.4, 0.5) is 11.5 Å². The summed E-state index contributed by atoms with van der Waals surface area (Å²) in [6.45, 7) is -0.477. The average molecular weight is 421 g/mol. The fourth-order valence-corrected chi connectivity index (χ4v) is 3.14. The number of aliphatic hydroxyl groups is 1. The molecule has 0 aliphatic heterocycles. The van der Waals surface area contributed by atoms with E-state index >= 15 is 0 Å². The van der Waals surface area contributed by atoms with Crippen molar-refractivity contribution in [2.24, 2.45) is 0 Å². The van der Waals surface area contributed by atoms with Gasteiger partial charge < -0.3 is 24.3 Å². The van der Waals surface area contributed by atoms with E-state index in [1.807, 2.05) is 0 Å². The second-order valence-electron chi connectivity index (χ2n) is 6.53. The molecule has 0 bridgehead atoms. The predicted molar refractivity (Wildman–Crippen MR) is 113 cm³/mol. The zero-order valence-electron chi connectivity index (χ0n) is 16.8. The second kappa shape index (κ2) is 8.33. The molecule has 9 nitrogen and oxygen atoms in total. The Morgan fingerprint density at radius 1 is 1.16 bits per heavy atom. The van der Waals surface area contributed by atoms with Crippen molar-refractivity contribution in [3.8, 4) is 17.1 Å². The maximum atomic E-state index is 12.8. The zero-order valence-corrected chi connectivity index (χ0v) is 16.8. The maximum absolute atomic E-state index is 12.8. The summed E-state index contributed by atoms with van der Waals surface area (Å²) in [5.74, 6) is 0.736. The fourth-order valence-electron chi connectivity index (χ4n) is 3.14. The summed E-state index contributed by atoms with van der Waals surface area (Å²) in [7, 11) is 2.78. The minimum Gasteiger partial charge on any atom is -0.493 e. The Kier molecular flexibility index (Phi) is 5.42. The highest BCUT2D eigenvalue weighted by Gasteiger charge is 2.16. The summed E-state index contributed by atoms with van der Waals surface area (Å²) in [4.78, 5) is 28.8. The molecule has 31 heavy (non-hydrogen) atoms. The highest BCUT2D eigenvalue weighted by molar-refractivity contribution is 5.87. The van der Waals surface area contributed by atoms with Crippen LogP contribution >= 0.6 is 0 Å². The third kappa shape index (κ3) is 3.74. The van der Waals surface area contributed by atoms with Crippen LogP contribution in [0.15, 0.2) is 63.9 Å². The molecule has 4 aromatic rings. The molecule has 3 aromatic heterocycles. The van der Waals surface area contributed by atoms with Crippen molar-refractivity contribution in [2.75, 3.05) is 19.5 Å². The first kappa shape index (κ1) is 20.2. The van der Waals surface area contributed by atoms with Gasteiger partial charge in [-0.15, -0.1) is 0 Å². The Morgan fingerprint density at radius 3 is 2.61 bits per heavy atom. The first-order valence-electron chi connectivity index (χ1n) is 9.30. The first-order chi connectivity index (χ1) is 15.0. The third-order valence-electron chi connectivity index (χ3n) is 4.71. The number of methoxy groups -OCH3 is 2. The summed E-state index contributed by atoms with van der Waals surface area (Å²) >= 11 is 0. The minimum atomic E-state index is -0.551. The van der Waals surface area contributed by atoms with Crippen LogP contribution in [0.3, 0.4) is 0 Å². The van der Waals surface area contributed by atoms with E-state index in [1.165, 1.54) is 18.6 Å². The Balaban J connectivity index is 1.67. The van der Waals surface area contributed by atoms with Crippen molar-refractivity contribution in [3.63, 3.8) is 0 Å². The molecule has 0 radical (unpaired) electrons. The molecule has 0 aliphatic rings. The number of pyridine rings is 1. The lowest BCUT2D eigenvalue weighted by molar-refractivity contribution is 0.0566. The van der Waals surface area contributed by atoms with Crippen molar-refractivity contribution in [1.82, 2.24) is 9.38 Å². The van der Waals surface area contributed by atoms with Crippen LogP contribution in [-0.2, 0) is 11.3 Å². The molecule has 1 aromatic carbocycles. The summed E-state index contributed by atoms with van der Waals surface area (Å²) in [5, 5.41) is 12.8. The molecule has 9 heteroatoms. The van der Waals surface area contributed by atoms with Gasteiger partial charge in [-0.25, -0.2) is 9.78 Å². The van der Waals surface area contributed by atoms with E-state index < -0.39 is 18.1 Å². The van der Waals surface area contributed by atoms with Gasteiger partial charge in [-0.3, -0.25) is 9.20 Å². The topological polar surface area (TPSA) is 115 Å². The van der Waals surface area contributed by atoms with Gasteiger partial charge in [0, 0.05) is 17.4 Å². The summed E-state index contributed by atoms with van der Waals surface area (Å²) < 4.78 is 16.8. The zero-order chi connectivity index (χ0) is 22.0. The molecule has 0 fully saturated rings. The molecular weight excluding hydrogens is 402 g/mol. The van der Waals surface area contributed by atoms with E-state index in [2.05, 4.69) is 15.0 Å². The molecule has 158 valence electrons. The first-order valence-corrected chi connectivity index (χ1v) is 9.30. The Hall–Kier alpha value is -4.11. The standard InChI is InChI=1S/C22H19N3O6/c1-29-17-4-3-11-25-20(17)24-19(15(12-26)21(25)27)23-14-7-5-13(6-8-14)16-9-10-18(31-16)22(28)30-2/h3-11,23,26H,12H2,1-2H3. The molecule has 0 unspecified atom stereocenters. The minimum absolute atomic E-state index is 0.113. The van der Waals surface area contributed by atoms with E-state index in [0.29, 0.717) is 22.8 Å². The highest BCUT2D eigenvalue weighted by atomic mass is 16.5. The molecule has 3 heterocycles. The van der Waals surface area contributed by atoms with Gasteiger partial charge in [0.15, 0.2) is 11.4 Å². The Labute approximate surface area is 176 Å². The lowest BCUT2D eigenvalue weighted by atomic mass is 10.1. The molecule has 0 saturated carbocycles. The van der Waals surface area contributed by atoms with Crippen LogP contribution in [0.1, 0.15) is 16.1 Å². The molecular formula is C22H19N3O6. The summed E-state index contributed by atoms with van der Waals surface area (Å²) in [5.41, 5.74) is 1.46. The lowest BCUT2D eigenvalue weighted by Crippen LogP contribution is -2.22. The normalized spacial score (nSPS) is 10.8. The largest absolute Gasteiger partial charge is 0.493 e. The van der Waals surface area contributed by atoms with Crippen molar-refractivity contribution < 1.29 is 23.8 Å². The predicted octanol–water partition coefficient (Wildman–Crippen LogP) is 2.99. The van der Waals surface area contributed by atoms with Crippen molar-refractivity contribution in [1.29, 1.82) is 0 Å². The molecule has 0 amide bonds. The number of hydrogen-bond acceptors (Lipinski definition) is 8. The van der Waals surface area contributed by atoms with Crippen LogP contribution in [0.5, 0.6) is 5.75 Å². The van der Waals surface area contributed by atoms with E-state index in [9.17, 15) is 14.7 Å². The van der Waals surface area contributed by atoms with Crippen LogP contribution in [0, 0.1) is 0 Å². The Bertz CT molecular complexity index is 1310. The number of aliphatic hydroxyl groups excluding tert-OH is 1. The number of esters is 1. The number of nitrogens with one attached hydrogen (secondary N) is 1. The van der Waals surface area contributed by atoms with Crippen molar-refractivity contribution in [3.05, 3.63) is 76.4 Å². The van der Waals surface area contributed by atoms with Crippen molar-refractivity contribution >= 4 is 23.1 Å². The van der Waals surface area contributed by atoms with Crippen LogP contribution in [-0.4, -0.2) is 34.7 Å². The third-order valence-corrected chi connectivity index (χ3v) is 4.71. The van der Waals surface area contributed by atoms with Gasteiger partial charge in [-0.05, 0) is 48.5 Å². The van der Waals surface area contributed by atoms with Gasteiger partial charge in [0.2, 0.25) is 5.76 Å². The van der Waals surface area contributed by atoms with Crippen molar-refractivity contribution in [2.45, 2.75) is 6.61 Å². The summed E-state index contributed by atoms with van der Waals surface area (Å²) in [6, 6.07) is 13.7. The van der Waals surface area contributed by atoms with Gasteiger partial charge in [0.25, 0.3) is 5.56 Å². The van der Waals surface area contributed by atoms with Gasteiger partial charge in [-0.2, -0.15) is 0 Å². The molecule has 0 atom stereocenters. The summed E-state index contributed by atoms with van der Waals surface area (Å²) in [6.07, 6.45) is 1.57. The molecule has 0 aliphatic carbocycles. The smallest absolute Gasteiger partial charge is 0.373 e.